The van der Waals surface area contributed by atoms with Gasteiger partial charge in [0, 0.05) is 26.6 Å². The summed E-state index contributed by atoms with van der Waals surface area (Å²) in [7, 11) is 1.64. The minimum Gasteiger partial charge on any atom is -0.461 e. The van der Waals surface area contributed by atoms with Crippen LogP contribution in [0.1, 0.15) is 19.3 Å². The molecule has 4 heteroatoms. The molecule has 0 unspecified atom stereocenters. The Hall–Kier alpha value is -1.83. The van der Waals surface area contributed by atoms with Crippen molar-refractivity contribution in [1.82, 2.24) is 4.90 Å². The number of esters is 1. The molecule has 0 saturated heterocycles. The first-order valence-electron chi connectivity index (χ1n) is 7.47. The van der Waals surface area contributed by atoms with Crippen LogP contribution < -0.4 is 0 Å². The Balaban J connectivity index is 2.48. The standard InChI is InChI=1S/C18H23NO3/c1-5-9-19-10-8-14-13-22-17(20)11-16(14)18(19,7-3)12-15(6-2)21-4/h3,5-6,15H,1-2,8-13H2,4H3/t15-,18+/m0/s1. The average Bonchev–Trinajstić information content (AvgIpc) is 2.54. The molecule has 4 nitrogen and oxygen atoms in total. The summed E-state index contributed by atoms with van der Waals surface area (Å²) in [6, 6.07) is 0. The molecule has 0 aromatic rings. The average molecular weight is 301 g/mol. The number of carbonyl (C=O) groups is 1. The van der Waals surface area contributed by atoms with E-state index < -0.39 is 5.54 Å². The Morgan fingerprint density at radius 3 is 2.95 bits per heavy atom. The first-order chi connectivity index (χ1) is 10.6. The monoisotopic (exact) mass is 301 g/mol. The molecule has 0 aliphatic carbocycles. The van der Waals surface area contributed by atoms with Gasteiger partial charge in [0.1, 0.15) is 12.1 Å². The van der Waals surface area contributed by atoms with Gasteiger partial charge in [-0.2, -0.15) is 0 Å². The molecule has 0 radical (unpaired) electrons. The zero-order chi connectivity index (χ0) is 16.2. The third-order valence-electron chi connectivity index (χ3n) is 4.53. The number of rotatable bonds is 6. The molecule has 2 aliphatic heterocycles. The number of nitrogens with zero attached hydrogens (tertiary/aromatic N) is 1. The van der Waals surface area contributed by atoms with Crippen molar-refractivity contribution in [2.75, 3.05) is 26.8 Å². The molecule has 118 valence electrons. The van der Waals surface area contributed by atoms with Gasteiger partial charge in [-0.15, -0.1) is 19.6 Å². The van der Waals surface area contributed by atoms with Gasteiger partial charge < -0.3 is 9.47 Å². The first-order valence-corrected chi connectivity index (χ1v) is 7.47. The van der Waals surface area contributed by atoms with Crippen molar-refractivity contribution in [1.29, 1.82) is 0 Å². The van der Waals surface area contributed by atoms with Crippen LogP contribution in [0, 0.1) is 12.3 Å². The third kappa shape index (κ3) is 2.87. The van der Waals surface area contributed by atoms with Crippen molar-refractivity contribution in [3.8, 4) is 12.3 Å². The quantitative estimate of drug-likeness (QED) is 0.428. The summed E-state index contributed by atoms with van der Waals surface area (Å²) in [6.45, 7) is 9.48. The number of hydrogen-bond donors (Lipinski definition) is 0. The lowest BCUT2D eigenvalue weighted by Crippen LogP contribution is -2.55. The Morgan fingerprint density at radius 1 is 1.59 bits per heavy atom. The van der Waals surface area contributed by atoms with E-state index >= 15 is 0 Å². The van der Waals surface area contributed by atoms with Gasteiger partial charge in [-0.1, -0.05) is 18.1 Å². The van der Waals surface area contributed by atoms with Crippen LogP contribution in [0.15, 0.2) is 36.5 Å². The van der Waals surface area contributed by atoms with Gasteiger partial charge in [0.05, 0.1) is 12.5 Å². The van der Waals surface area contributed by atoms with Crippen LogP contribution in [0.25, 0.3) is 0 Å². The van der Waals surface area contributed by atoms with Gasteiger partial charge in [0.2, 0.25) is 0 Å². The molecule has 0 aromatic carbocycles. The fraction of sp³-hybridized carbons (Fsp3) is 0.500. The van der Waals surface area contributed by atoms with Crippen molar-refractivity contribution in [3.63, 3.8) is 0 Å². The van der Waals surface area contributed by atoms with E-state index in [-0.39, 0.29) is 18.5 Å². The molecule has 0 aromatic heterocycles. The fourth-order valence-electron chi connectivity index (χ4n) is 3.34. The van der Waals surface area contributed by atoms with Crippen LogP contribution in [0.3, 0.4) is 0 Å². The van der Waals surface area contributed by atoms with Crippen molar-refractivity contribution >= 4 is 5.97 Å². The molecule has 22 heavy (non-hydrogen) atoms. The molecule has 0 saturated carbocycles. The zero-order valence-electron chi connectivity index (χ0n) is 13.1. The summed E-state index contributed by atoms with van der Waals surface area (Å²) < 4.78 is 10.6. The van der Waals surface area contributed by atoms with Crippen LogP contribution in [0.2, 0.25) is 0 Å². The maximum absolute atomic E-state index is 11.8. The highest BCUT2D eigenvalue weighted by molar-refractivity contribution is 5.76. The van der Waals surface area contributed by atoms with Gasteiger partial charge in [-0.25, -0.2) is 0 Å². The van der Waals surface area contributed by atoms with E-state index in [1.807, 2.05) is 6.08 Å². The van der Waals surface area contributed by atoms with Crippen LogP contribution in [0.5, 0.6) is 0 Å². The van der Waals surface area contributed by atoms with E-state index in [2.05, 4.69) is 24.0 Å². The molecule has 0 amide bonds. The van der Waals surface area contributed by atoms with Gasteiger partial charge in [0.15, 0.2) is 0 Å². The minimum absolute atomic E-state index is 0.173. The van der Waals surface area contributed by atoms with E-state index in [1.54, 1.807) is 13.2 Å². The van der Waals surface area contributed by atoms with Crippen LogP contribution in [0.4, 0.5) is 0 Å². The summed E-state index contributed by atoms with van der Waals surface area (Å²) >= 11 is 0. The minimum atomic E-state index is -0.643. The molecule has 2 rings (SSSR count). The van der Waals surface area contributed by atoms with Crippen molar-refractivity contribution in [2.24, 2.45) is 0 Å². The topological polar surface area (TPSA) is 38.8 Å². The summed E-state index contributed by atoms with van der Waals surface area (Å²) in [5, 5.41) is 0. The largest absolute Gasteiger partial charge is 0.461 e. The number of carbonyl (C=O) groups excluding carboxylic acids is 1. The number of hydrogen-bond acceptors (Lipinski definition) is 4. The maximum atomic E-state index is 11.8. The van der Waals surface area contributed by atoms with E-state index in [1.165, 1.54) is 0 Å². The van der Waals surface area contributed by atoms with Crippen LogP contribution in [-0.2, 0) is 14.3 Å². The molecule has 0 bridgehead atoms. The Kier molecular flexibility index (Phi) is 5.23. The smallest absolute Gasteiger partial charge is 0.310 e. The van der Waals surface area contributed by atoms with Gasteiger partial charge in [-0.05, 0) is 17.6 Å². The molecule has 0 spiro atoms. The van der Waals surface area contributed by atoms with Crippen molar-refractivity contribution < 1.29 is 14.3 Å². The molecule has 2 aliphatic rings. The molecular weight excluding hydrogens is 278 g/mol. The summed E-state index contributed by atoms with van der Waals surface area (Å²) in [6.07, 6.45) is 11.1. The predicted molar refractivity (Wildman–Crippen MR) is 86.2 cm³/mol. The molecule has 0 fully saturated rings. The number of ether oxygens (including phenoxy) is 2. The summed E-state index contributed by atoms with van der Waals surface area (Å²) in [5.74, 6) is 2.74. The number of cyclic esters (lactones) is 1. The fourth-order valence-corrected chi connectivity index (χ4v) is 3.34. The normalized spacial score (nSPS) is 26.6. The second-order valence-corrected chi connectivity index (χ2v) is 5.62. The van der Waals surface area contributed by atoms with Gasteiger partial charge in [-0.3, -0.25) is 9.69 Å². The highest BCUT2D eigenvalue weighted by Crippen LogP contribution is 2.41. The second kappa shape index (κ2) is 6.95. The zero-order valence-corrected chi connectivity index (χ0v) is 13.1. The third-order valence-corrected chi connectivity index (χ3v) is 4.53. The highest BCUT2D eigenvalue weighted by Gasteiger charge is 2.45. The predicted octanol–water partition coefficient (Wildman–Crippen LogP) is 2.08. The van der Waals surface area contributed by atoms with E-state index in [0.29, 0.717) is 19.6 Å². The Labute approximate surface area is 132 Å². The second-order valence-electron chi connectivity index (χ2n) is 5.62. The molecular formula is C18H23NO3. The van der Waals surface area contributed by atoms with Crippen molar-refractivity contribution in [3.05, 3.63) is 36.5 Å². The number of terminal acetylenes is 1. The summed E-state index contributed by atoms with van der Waals surface area (Å²) in [5.41, 5.74) is 1.51. The lowest BCUT2D eigenvalue weighted by Gasteiger charge is -2.48. The Morgan fingerprint density at radius 2 is 2.36 bits per heavy atom. The summed E-state index contributed by atoms with van der Waals surface area (Å²) in [4.78, 5) is 14.0. The lowest BCUT2D eigenvalue weighted by molar-refractivity contribution is -0.143. The SMILES string of the molecule is C#C[C@@]1(C[C@H](C=C)OC)C2=C(CCN1CC=C)COC(=O)C2. The van der Waals surface area contributed by atoms with Crippen LogP contribution in [-0.4, -0.2) is 49.3 Å². The van der Waals surface area contributed by atoms with Crippen LogP contribution >= 0.6 is 0 Å². The van der Waals surface area contributed by atoms with E-state index in [9.17, 15) is 4.79 Å². The first kappa shape index (κ1) is 16.5. The number of methoxy groups -OCH3 is 1. The van der Waals surface area contributed by atoms with Gasteiger partial charge in [0.25, 0.3) is 0 Å². The molecule has 0 N–H and O–H groups in total. The Bertz CT molecular complexity index is 543. The highest BCUT2D eigenvalue weighted by atomic mass is 16.5. The van der Waals surface area contributed by atoms with Gasteiger partial charge >= 0.3 is 5.97 Å². The van der Waals surface area contributed by atoms with Crippen molar-refractivity contribution in [2.45, 2.75) is 30.9 Å². The van der Waals surface area contributed by atoms with E-state index in [4.69, 9.17) is 15.9 Å². The van der Waals surface area contributed by atoms with E-state index in [0.717, 1.165) is 24.1 Å². The maximum Gasteiger partial charge on any atom is 0.310 e. The molecule has 2 heterocycles. The molecule has 2 atom stereocenters. The lowest BCUT2D eigenvalue weighted by atomic mass is 9.75.